The number of ether oxygens (including phenoxy) is 2. The minimum absolute atomic E-state index is 0.0350. The second-order valence-electron chi connectivity index (χ2n) is 3.33. The monoisotopic (exact) mass is 302 g/mol. The van der Waals surface area contributed by atoms with Crippen LogP contribution >= 0.6 is 15.9 Å². The number of hydrogen-bond acceptors (Lipinski definition) is 4. The van der Waals surface area contributed by atoms with Crippen molar-refractivity contribution in [1.29, 1.82) is 0 Å². The zero-order chi connectivity index (χ0) is 12.7. The highest BCUT2D eigenvalue weighted by Gasteiger charge is 2.07. The van der Waals surface area contributed by atoms with Gasteiger partial charge in [-0.3, -0.25) is 0 Å². The first kappa shape index (κ1) is 13.8. The van der Waals surface area contributed by atoms with E-state index in [-0.39, 0.29) is 18.1 Å². The van der Waals surface area contributed by atoms with Crippen LogP contribution in [-0.4, -0.2) is 29.6 Å². The van der Waals surface area contributed by atoms with E-state index in [1.54, 1.807) is 19.1 Å². The van der Waals surface area contributed by atoms with Gasteiger partial charge < -0.3 is 14.6 Å². The van der Waals surface area contributed by atoms with Crippen LogP contribution in [-0.2, 0) is 16.0 Å². The SMILES string of the molecule is CCOC(=O)COc1ccc(CCBr)cc1O. The van der Waals surface area contributed by atoms with Gasteiger partial charge in [0.15, 0.2) is 18.1 Å². The van der Waals surface area contributed by atoms with E-state index in [0.29, 0.717) is 6.61 Å². The summed E-state index contributed by atoms with van der Waals surface area (Å²) < 4.78 is 9.86. The summed E-state index contributed by atoms with van der Waals surface area (Å²) in [5.41, 5.74) is 1.00. The first-order chi connectivity index (χ1) is 8.17. The Morgan fingerprint density at radius 2 is 2.24 bits per heavy atom. The van der Waals surface area contributed by atoms with Crippen LogP contribution in [0.4, 0.5) is 0 Å². The van der Waals surface area contributed by atoms with Crippen LogP contribution in [0.2, 0.25) is 0 Å². The third-order valence-electron chi connectivity index (χ3n) is 2.06. The van der Waals surface area contributed by atoms with Gasteiger partial charge in [0, 0.05) is 5.33 Å². The van der Waals surface area contributed by atoms with Crippen LogP contribution in [0.5, 0.6) is 11.5 Å². The van der Waals surface area contributed by atoms with Crippen LogP contribution in [0.3, 0.4) is 0 Å². The third-order valence-corrected chi connectivity index (χ3v) is 2.45. The highest BCUT2D eigenvalue weighted by molar-refractivity contribution is 9.09. The zero-order valence-electron chi connectivity index (χ0n) is 9.61. The Kier molecular flexibility index (Phi) is 5.83. The van der Waals surface area contributed by atoms with E-state index in [9.17, 15) is 9.90 Å². The minimum atomic E-state index is -0.448. The summed E-state index contributed by atoms with van der Waals surface area (Å²) in [4.78, 5) is 11.1. The number of phenols is 1. The lowest BCUT2D eigenvalue weighted by atomic mass is 10.1. The molecule has 5 heteroatoms. The smallest absolute Gasteiger partial charge is 0.344 e. The Labute approximate surface area is 109 Å². The van der Waals surface area contributed by atoms with Crippen molar-refractivity contribution >= 4 is 21.9 Å². The number of phenolic OH excluding ortho intramolecular Hbond substituents is 1. The number of carbonyl (C=O) groups excluding carboxylic acids is 1. The van der Waals surface area contributed by atoms with Crippen molar-refractivity contribution in [2.24, 2.45) is 0 Å². The number of carbonyl (C=O) groups is 1. The van der Waals surface area contributed by atoms with Crippen molar-refractivity contribution in [1.82, 2.24) is 0 Å². The maximum absolute atomic E-state index is 11.1. The van der Waals surface area contributed by atoms with Gasteiger partial charge in [0.2, 0.25) is 0 Å². The summed E-state index contributed by atoms with van der Waals surface area (Å²) in [6.07, 6.45) is 0.825. The van der Waals surface area contributed by atoms with Crippen LogP contribution in [0, 0.1) is 0 Å². The zero-order valence-corrected chi connectivity index (χ0v) is 11.2. The van der Waals surface area contributed by atoms with E-state index in [0.717, 1.165) is 17.3 Å². The van der Waals surface area contributed by atoms with E-state index in [2.05, 4.69) is 15.9 Å². The van der Waals surface area contributed by atoms with Gasteiger partial charge in [0.1, 0.15) is 0 Å². The molecule has 0 amide bonds. The molecule has 17 heavy (non-hydrogen) atoms. The van der Waals surface area contributed by atoms with Gasteiger partial charge in [-0.25, -0.2) is 4.79 Å². The molecule has 0 aliphatic carbocycles. The molecule has 0 spiro atoms. The molecule has 0 unspecified atom stereocenters. The van der Waals surface area contributed by atoms with Gasteiger partial charge in [0.05, 0.1) is 6.61 Å². The average Bonchev–Trinajstić information content (AvgIpc) is 2.29. The van der Waals surface area contributed by atoms with Crippen LogP contribution in [0.1, 0.15) is 12.5 Å². The van der Waals surface area contributed by atoms with Gasteiger partial charge in [0.25, 0.3) is 0 Å². The third kappa shape index (κ3) is 4.65. The molecule has 4 nitrogen and oxygen atoms in total. The highest BCUT2D eigenvalue weighted by atomic mass is 79.9. The molecule has 0 bridgehead atoms. The van der Waals surface area contributed by atoms with Gasteiger partial charge >= 0.3 is 5.97 Å². The van der Waals surface area contributed by atoms with Crippen molar-refractivity contribution in [3.05, 3.63) is 23.8 Å². The highest BCUT2D eigenvalue weighted by Crippen LogP contribution is 2.27. The summed E-state index contributed by atoms with van der Waals surface area (Å²) >= 11 is 3.32. The standard InChI is InChI=1S/C12H15BrO4/c1-2-16-12(15)8-17-11-4-3-9(5-6-13)7-10(11)14/h3-4,7,14H,2,5-6,8H2,1H3. The molecule has 0 radical (unpaired) electrons. The second kappa shape index (κ2) is 7.17. The van der Waals surface area contributed by atoms with Gasteiger partial charge in [-0.1, -0.05) is 22.0 Å². The number of hydrogen-bond donors (Lipinski definition) is 1. The molecule has 1 aromatic carbocycles. The van der Waals surface area contributed by atoms with Gasteiger partial charge in [-0.2, -0.15) is 0 Å². The minimum Gasteiger partial charge on any atom is -0.504 e. The van der Waals surface area contributed by atoms with E-state index in [1.165, 1.54) is 0 Å². The Morgan fingerprint density at radius 3 is 2.82 bits per heavy atom. The lowest BCUT2D eigenvalue weighted by Gasteiger charge is -2.08. The molecule has 0 atom stereocenters. The molecule has 1 aromatic rings. The van der Waals surface area contributed by atoms with E-state index < -0.39 is 5.97 Å². The number of alkyl halides is 1. The molecule has 0 aliphatic rings. The molecular weight excluding hydrogens is 288 g/mol. The fraction of sp³-hybridized carbons (Fsp3) is 0.417. The normalized spacial score (nSPS) is 10.0. The predicted octanol–water partition coefficient (Wildman–Crippen LogP) is 2.27. The maximum atomic E-state index is 11.1. The van der Waals surface area contributed by atoms with Crippen molar-refractivity contribution < 1.29 is 19.4 Å². The Balaban J connectivity index is 2.57. The van der Waals surface area contributed by atoms with Crippen LogP contribution in [0.25, 0.3) is 0 Å². The number of benzene rings is 1. The molecule has 0 saturated carbocycles. The molecule has 94 valence electrons. The van der Waals surface area contributed by atoms with E-state index in [1.807, 2.05) is 6.07 Å². The maximum Gasteiger partial charge on any atom is 0.344 e. The molecule has 1 rings (SSSR count). The van der Waals surface area contributed by atoms with Crippen LogP contribution in [0.15, 0.2) is 18.2 Å². The Bertz CT molecular complexity index is 379. The molecular formula is C12H15BrO4. The second-order valence-corrected chi connectivity index (χ2v) is 4.13. The molecule has 0 aromatic heterocycles. The van der Waals surface area contributed by atoms with Crippen molar-refractivity contribution in [3.63, 3.8) is 0 Å². The summed E-state index contributed by atoms with van der Waals surface area (Å²) in [6.45, 7) is 1.85. The Morgan fingerprint density at radius 1 is 1.47 bits per heavy atom. The van der Waals surface area contributed by atoms with Crippen molar-refractivity contribution in [3.8, 4) is 11.5 Å². The summed E-state index contributed by atoms with van der Waals surface area (Å²) in [5, 5.41) is 10.5. The number of rotatable bonds is 6. The molecule has 0 heterocycles. The molecule has 0 fully saturated rings. The lowest BCUT2D eigenvalue weighted by Crippen LogP contribution is -2.14. The van der Waals surface area contributed by atoms with Crippen molar-refractivity contribution in [2.75, 3.05) is 18.5 Å². The largest absolute Gasteiger partial charge is 0.504 e. The van der Waals surface area contributed by atoms with E-state index >= 15 is 0 Å². The summed E-state index contributed by atoms with van der Waals surface area (Å²) in [7, 11) is 0. The lowest BCUT2D eigenvalue weighted by molar-refractivity contribution is -0.145. The van der Waals surface area contributed by atoms with Crippen LogP contribution < -0.4 is 4.74 Å². The van der Waals surface area contributed by atoms with Crippen molar-refractivity contribution in [2.45, 2.75) is 13.3 Å². The first-order valence-electron chi connectivity index (χ1n) is 5.33. The number of esters is 1. The fourth-order valence-electron chi connectivity index (χ4n) is 1.29. The fourth-order valence-corrected chi connectivity index (χ4v) is 1.75. The molecule has 1 N–H and O–H groups in total. The van der Waals surface area contributed by atoms with E-state index in [4.69, 9.17) is 9.47 Å². The summed E-state index contributed by atoms with van der Waals surface area (Å²) in [6, 6.07) is 5.12. The number of aromatic hydroxyl groups is 1. The quantitative estimate of drug-likeness (QED) is 0.647. The topological polar surface area (TPSA) is 55.8 Å². The molecule has 0 saturated heterocycles. The average molecular weight is 303 g/mol. The van der Waals surface area contributed by atoms with Gasteiger partial charge in [-0.05, 0) is 31.0 Å². The summed E-state index contributed by atoms with van der Waals surface area (Å²) in [5.74, 6) is -0.124. The number of aryl methyl sites for hydroxylation is 1. The predicted molar refractivity (Wildman–Crippen MR) is 67.7 cm³/mol. The number of halogens is 1. The molecule has 0 aliphatic heterocycles. The van der Waals surface area contributed by atoms with Gasteiger partial charge in [-0.15, -0.1) is 0 Å². The first-order valence-corrected chi connectivity index (χ1v) is 6.45. The Hall–Kier alpha value is -1.23.